The molecule has 0 aliphatic carbocycles. The molecule has 0 radical (unpaired) electrons. The van der Waals surface area contributed by atoms with Gasteiger partial charge in [0.25, 0.3) is 0 Å². The second kappa shape index (κ2) is 7.05. The molecule has 0 aliphatic rings. The van der Waals surface area contributed by atoms with E-state index < -0.39 is 5.54 Å². The lowest BCUT2D eigenvalue weighted by molar-refractivity contribution is 0.0666. The zero-order valence-corrected chi connectivity index (χ0v) is 14.3. The highest BCUT2D eigenvalue weighted by atomic mass is 19.1. The predicted octanol–water partition coefficient (Wildman–Crippen LogP) is 4.27. The molecule has 0 fully saturated rings. The molecule has 0 saturated heterocycles. The molecule has 0 N–H and O–H groups in total. The van der Waals surface area contributed by atoms with Crippen molar-refractivity contribution in [1.82, 2.24) is 4.90 Å². The van der Waals surface area contributed by atoms with E-state index in [0.717, 1.165) is 5.56 Å². The number of Topliss-reactive ketones (excluding diaryl/α,β-unsaturated/α-hetero) is 1. The van der Waals surface area contributed by atoms with E-state index in [2.05, 4.69) is 24.3 Å². The molecule has 3 heteroatoms. The first kappa shape index (κ1) is 17.4. The van der Waals surface area contributed by atoms with Crippen LogP contribution in [0, 0.1) is 12.7 Å². The molecule has 0 spiro atoms. The summed E-state index contributed by atoms with van der Waals surface area (Å²) in [5, 5.41) is 0. The molecule has 1 unspecified atom stereocenters. The first-order valence-electron chi connectivity index (χ1n) is 7.92. The SMILES string of the molecule is CCC(Cc1ccc(C)cc1)(C(=O)c1ccc(F)cc1)N(C)C. The maximum atomic E-state index is 13.2. The fourth-order valence-corrected chi connectivity index (χ4v) is 2.96. The van der Waals surface area contributed by atoms with Crippen LogP contribution < -0.4 is 0 Å². The fourth-order valence-electron chi connectivity index (χ4n) is 2.96. The van der Waals surface area contributed by atoms with Gasteiger partial charge in [0.05, 0.1) is 5.54 Å². The zero-order valence-electron chi connectivity index (χ0n) is 14.3. The number of likely N-dealkylation sites (N-methyl/N-ethyl adjacent to an activating group) is 1. The summed E-state index contributed by atoms with van der Waals surface area (Å²) < 4.78 is 13.2. The Morgan fingerprint density at radius 2 is 1.61 bits per heavy atom. The number of hydrogen-bond acceptors (Lipinski definition) is 2. The van der Waals surface area contributed by atoms with Crippen molar-refractivity contribution in [1.29, 1.82) is 0 Å². The van der Waals surface area contributed by atoms with Gasteiger partial charge in [-0.2, -0.15) is 0 Å². The third-order valence-corrected chi connectivity index (χ3v) is 4.59. The molecule has 0 aliphatic heterocycles. The van der Waals surface area contributed by atoms with E-state index >= 15 is 0 Å². The zero-order chi connectivity index (χ0) is 17.0. The van der Waals surface area contributed by atoms with Gasteiger partial charge in [0.15, 0.2) is 5.78 Å². The molecule has 2 rings (SSSR count). The van der Waals surface area contributed by atoms with Crippen LogP contribution >= 0.6 is 0 Å². The van der Waals surface area contributed by atoms with Crippen LogP contribution in [0.5, 0.6) is 0 Å². The average molecular weight is 313 g/mol. The molecular formula is C20H24FNO. The van der Waals surface area contributed by atoms with Gasteiger partial charge in [-0.25, -0.2) is 4.39 Å². The highest BCUT2D eigenvalue weighted by Crippen LogP contribution is 2.28. The Kier molecular flexibility index (Phi) is 5.32. The van der Waals surface area contributed by atoms with E-state index in [9.17, 15) is 9.18 Å². The second-order valence-electron chi connectivity index (χ2n) is 6.28. The maximum absolute atomic E-state index is 13.2. The van der Waals surface area contributed by atoms with Crippen LogP contribution in [-0.2, 0) is 6.42 Å². The van der Waals surface area contributed by atoms with Gasteiger partial charge in [-0.15, -0.1) is 0 Å². The van der Waals surface area contributed by atoms with Crippen LogP contribution in [0.4, 0.5) is 4.39 Å². The third-order valence-electron chi connectivity index (χ3n) is 4.59. The predicted molar refractivity (Wildman–Crippen MR) is 92.3 cm³/mol. The smallest absolute Gasteiger partial charge is 0.183 e. The minimum Gasteiger partial charge on any atom is -0.297 e. The molecule has 1 atom stereocenters. The number of aryl methyl sites for hydroxylation is 1. The van der Waals surface area contributed by atoms with Gasteiger partial charge in [-0.05, 0) is 63.7 Å². The van der Waals surface area contributed by atoms with Crippen LogP contribution in [0.3, 0.4) is 0 Å². The number of hydrogen-bond donors (Lipinski definition) is 0. The van der Waals surface area contributed by atoms with Crippen molar-refractivity contribution in [2.45, 2.75) is 32.2 Å². The van der Waals surface area contributed by atoms with Gasteiger partial charge < -0.3 is 0 Å². The van der Waals surface area contributed by atoms with Crippen molar-refractivity contribution in [3.8, 4) is 0 Å². The molecule has 23 heavy (non-hydrogen) atoms. The largest absolute Gasteiger partial charge is 0.297 e. The number of ketones is 1. The maximum Gasteiger partial charge on any atom is 0.183 e. The van der Waals surface area contributed by atoms with Gasteiger partial charge >= 0.3 is 0 Å². The molecule has 0 saturated carbocycles. The van der Waals surface area contributed by atoms with Crippen molar-refractivity contribution in [3.05, 3.63) is 71.0 Å². The summed E-state index contributed by atoms with van der Waals surface area (Å²) >= 11 is 0. The van der Waals surface area contributed by atoms with Gasteiger partial charge in [0.2, 0.25) is 0 Å². The van der Waals surface area contributed by atoms with E-state index in [4.69, 9.17) is 0 Å². The van der Waals surface area contributed by atoms with E-state index in [1.165, 1.54) is 17.7 Å². The Bertz CT molecular complexity index is 661. The molecule has 2 aromatic rings. The first-order valence-corrected chi connectivity index (χ1v) is 7.92. The summed E-state index contributed by atoms with van der Waals surface area (Å²) in [4.78, 5) is 15.1. The van der Waals surface area contributed by atoms with Gasteiger partial charge in [0, 0.05) is 5.56 Å². The Morgan fingerprint density at radius 3 is 2.09 bits per heavy atom. The van der Waals surface area contributed by atoms with Gasteiger partial charge in [-0.1, -0.05) is 36.8 Å². The Labute approximate surface area is 137 Å². The minimum atomic E-state index is -0.632. The van der Waals surface area contributed by atoms with E-state index in [1.54, 1.807) is 12.1 Å². The topological polar surface area (TPSA) is 20.3 Å². The van der Waals surface area contributed by atoms with Crippen LogP contribution in [-0.4, -0.2) is 30.3 Å². The third kappa shape index (κ3) is 3.67. The number of carbonyl (C=O) groups is 1. The van der Waals surface area contributed by atoms with Crippen molar-refractivity contribution < 1.29 is 9.18 Å². The van der Waals surface area contributed by atoms with E-state index in [1.807, 2.05) is 32.8 Å². The summed E-state index contributed by atoms with van der Waals surface area (Å²) in [6.07, 6.45) is 1.32. The number of rotatable bonds is 6. The second-order valence-corrected chi connectivity index (χ2v) is 6.28. The molecule has 0 heterocycles. The Hall–Kier alpha value is -2.00. The number of benzene rings is 2. The highest BCUT2D eigenvalue weighted by Gasteiger charge is 2.39. The van der Waals surface area contributed by atoms with Crippen LogP contribution in [0.25, 0.3) is 0 Å². The van der Waals surface area contributed by atoms with Gasteiger partial charge in [-0.3, -0.25) is 9.69 Å². The Balaban J connectivity index is 2.40. The molecule has 122 valence electrons. The standard InChI is InChI=1S/C20H24FNO/c1-5-20(22(3)4,14-16-8-6-15(2)7-9-16)19(23)17-10-12-18(21)13-11-17/h6-13H,5,14H2,1-4H3. The first-order chi connectivity index (χ1) is 10.9. The summed E-state index contributed by atoms with van der Waals surface area (Å²) in [5.74, 6) is -0.294. The van der Waals surface area contributed by atoms with Crippen molar-refractivity contribution >= 4 is 5.78 Å². The average Bonchev–Trinajstić information content (AvgIpc) is 2.54. The fraction of sp³-hybridized carbons (Fsp3) is 0.350. The molecule has 0 amide bonds. The number of carbonyl (C=O) groups excluding carboxylic acids is 1. The van der Waals surface area contributed by atoms with E-state index in [0.29, 0.717) is 18.4 Å². The van der Waals surface area contributed by atoms with Crippen molar-refractivity contribution in [2.24, 2.45) is 0 Å². The van der Waals surface area contributed by atoms with Crippen molar-refractivity contribution in [3.63, 3.8) is 0 Å². The lowest BCUT2D eigenvalue weighted by Gasteiger charge is -2.38. The molecule has 0 bridgehead atoms. The van der Waals surface area contributed by atoms with Crippen LogP contribution in [0.2, 0.25) is 0 Å². The molecule has 0 aromatic heterocycles. The normalized spacial score (nSPS) is 13.8. The summed E-state index contributed by atoms with van der Waals surface area (Å²) in [6.45, 7) is 4.07. The van der Waals surface area contributed by atoms with Crippen LogP contribution in [0.1, 0.15) is 34.8 Å². The highest BCUT2D eigenvalue weighted by molar-refractivity contribution is 6.03. The lowest BCUT2D eigenvalue weighted by Crippen LogP contribution is -2.52. The quantitative estimate of drug-likeness (QED) is 0.742. The monoisotopic (exact) mass is 313 g/mol. The number of halogens is 1. The lowest BCUT2D eigenvalue weighted by atomic mass is 9.80. The van der Waals surface area contributed by atoms with Gasteiger partial charge in [0.1, 0.15) is 5.82 Å². The molecule has 2 aromatic carbocycles. The minimum absolute atomic E-state index is 0.0329. The number of nitrogens with zero attached hydrogens (tertiary/aromatic N) is 1. The summed E-state index contributed by atoms with van der Waals surface area (Å²) in [5.41, 5.74) is 2.24. The molecule has 2 nitrogen and oxygen atoms in total. The molecular weight excluding hydrogens is 289 g/mol. The Morgan fingerprint density at radius 1 is 1.04 bits per heavy atom. The van der Waals surface area contributed by atoms with Crippen LogP contribution in [0.15, 0.2) is 48.5 Å². The van der Waals surface area contributed by atoms with E-state index in [-0.39, 0.29) is 11.6 Å². The van der Waals surface area contributed by atoms with Crippen molar-refractivity contribution in [2.75, 3.05) is 14.1 Å². The summed E-state index contributed by atoms with van der Waals surface area (Å²) in [7, 11) is 3.86. The summed E-state index contributed by atoms with van der Waals surface area (Å²) in [6, 6.07) is 14.1.